The Balaban J connectivity index is 4.34. The Bertz CT molecular complexity index is 1220. The number of esters is 3. The standard InChI is InChI=1S/C64H116O6/c1-4-7-10-13-16-19-22-25-28-30-31-32-33-35-36-39-42-45-48-51-54-57-63(66)69-60-61(59-68-62(65)56-53-50-47-44-41-38-27-24-21-18-15-12-9-6-3)70-64(67)58-55-52-49-46-43-40-37-34-29-26-23-20-17-14-11-8-5-2/h17,20,24,26-27,29-31,61H,4-16,18-19,21-23,25,28,32-60H2,1-3H3/b20-17-,27-24-,29-26-,31-30-. The van der Waals surface area contributed by atoms with E-state index in [0.29, 0.717) is 19.3 Å². The van der Waals surface area contributed by atoms with Crippen molar-refractivity contribution in [3.8, 4) is 0 Å². The van der Waals surface area contributed by atoms with Gasteiger partial charge in [0.05, 0.1) is 0 Å². The maximum absolute atomic E-state index is 12.9. The zero-order chi connectivity index (χ0) is 50.7. The Morgan fingerprint density at radius 2 is 0.514 bits per heavy atom. The largest absolute Gasteiger partial charge is 0.462 e. The van der Waals surface area contributed by atoms with Gasteiger partial charge in [-0.3, -0.25) is 14.4 Å². The molecule has 0 saturated heterocycles. The molecule has 70 heavy (non-hydrogen) atoms. The van der Waals surface area contributed by atoms with Gasteiger partial charge in [-0.15, -0.1) is 0 Å². The third-order valence-corrected chi connectivity index (χ3v) is 13.5. The van der Waals surface area contributed by atoms with Crippen LogP contribution in [0.1, 0.15) is 323 Å². The van der Waals surface area contributed by atoms with Gasteiger partial charge in [0.2, 0.25) is 0 Å². The van der Waals surface area contributed by atoms with E-state index >= 15 is 0 Å². The fourth-order valence-corrected chi connectivity index (χ4v) is 8.88. The molecule has 0 heterocycles. The summed E-state index contributed by atoms with van der Waals surface area (Å²) >= 11 is 0. The second-order valence-electron chi connectivity index (χ2n) is 20.6. The fraction of sp³-hybridized carbons (Fsp3) is 0.828. The number of unbranched alkanes of at least 4 members (excludes halogenated alkanes) is 37. The molecule has 1 unspecified atom stereocenters. The lowest BCUT2D eigenvalue weighted by Gasteiger charge is -2.18. The minimum absolute atomic E-state index is 0.0782. The fourth-order valence-electron chi connectivity index (χ4n) is 8.88. The van der Waals surface area contributed by atoms with Crippen molar-refractivity contribution in [3.63, 3.8) is 0 Å². The quantitative estimate of drug-likeness (QED) is 0.0261. The summed E-state index contributed by atoms with van der Waals surface area (Å²) in [6.45, 7) is 6.63. The molecule has 6 heteroatoms. The summed E-state index contributed by atoms with van der Waals surface area (Å²) in [5.41, 5.74) is 0. The van der Waals surface area contributed by atoms with Crippen LogP contribution in [0.3, 0.4) is 0 Å². The third-order valence-electron chi connectivity index (χ3n) is 13.5. The van der Waals surface area contributed by atoms with Crippen LogP contribution in [0, 0.1) is 0 Å². The monoisotopic (exact) mass is 981 g/mol. The molecule has 0 fully saturated rings. The second-order valence-corrected chi connectivity index (χ2v) is 20.6. The van der Waals surface area contributed by atoms with Gasteiger partial charge in [0.25, 0.3) is 0 Å². The van der Waals surface area contributed by atoms with Crippen LogP contribution >= 0.6 is 0 Å². The van der Waals surface area contributed by atoms with Crippen LogP contribution in [-0.4, -0.2) is 37.2 Å². The molecular weight excluding hydrogens is 865 g/mol. The number of hydrogen-bond donors (Lipinski definition) is 0. The summed E-state index contributed by atoms with van der Waals surface area (Å²) in [6.07, 6.45) is 72.5. The molecule has 0 aliphatic carbocycles. The van der Waals surface area contributed by atoms with Crippen LogP contribution < -0.4 is 0 Å². The van der Waals surface area contributed by atoms with Crippen LogP contribution in [0.4, 0.5) is 0 Å². The van der Waals surface area contributed by atoms with E-state index in [2.05, 4.69) is 69.4 Å². The highest BCUT2D eigenvalue weighted by Gasteiger charge is 2.19. The van der Waals surface area contributed by atoms with Crippen molar-refractivity contribution in [1.82, 2.24) is 0 Å². The van der Waals surface area contributed by atoms with E-state index in [1.54, 1.807) is 0 Å². The van der Waals surface area contributed by atoms with E-state index in [9.17, 15) is 14.4 Å². The molecule has 0 N–H and O–H groups in total. The van der Waals surface area contributed by atoms with Crippen molar-refractivity contribution >= 4 is 17.9 Å². The zero-order valence-corrected chi connectivity index (χ0v) is 46.8. The molecule has 0 aliphatic heterocycles. The highest BCUT2D eigenvalue weighted by atomic mass is 16.6. The van der Waals surface area contributed by atoms with Crippen LogP contribution in [0.15, 0.2) is 48.6 Å². The molecule has 0 aliphatic rings. The molecular formula is C64H116O6. The lowest BCUT2D eigenvalue weighted by Crippen LogP contribution is -2.30. The molecule has 0 saturated carbocycles. The molecule has 6 nitrogen and oxygen atoms in total. The van der Waals surface area contributed by atoms with E-state index in [0.717, 1.165) is 77.0 Å². The number of rotatable bonds is 56. The maximum atomic E-state index is 12.9. The average molecular weight is 982 g/mol. The van der Waals surface area contributed by atoms with Crippen molar-refractivity contribution < 1.29 is 28.6 Å². The highest BCUT2D eigenvalue weighted by Crippen LogP contribution is 2.16. The zero-order valence-electron chi connectivity index (χ0n) is 46.8. The van der Waals surface area contributed by atoms with Crippen molar-refractivity contribution in [2.45, 2.75) is 329 Å². The Hall–Kier alpha value is -2.63. The minimum Gasteiger partial charge on any atom is -0.462 e. The van der Waals surface area contributed by atoms with Crippen molar-refractivity contribution in [2.75, 3.05) is 13.2 Å². The first kappa shape index (κ1) is 67.4. The van der Waals surface area contributed by atoms with E-state index < -0.39 is 6.10 Å². The van der Waals surface area contributed by atoms with Gasteiger partial charge in [0, 0.05) is 19.3 Å². The second kappa shape index (κ2) is 58.9. The summed E-state index contributed by atoms with van der Waals surface area (Å²) in [5.74, 6) is -0.881. The molecule has 1 atom stereocenters. The number of carbonyl (C=O) groups excluding carboxylic acids is 3. The molecule has 0 bridgehead atoms. The summed E-state index contributed by atoms with van der Waals surface area (Å²) in [5, 5.41) is 0. The number of allylic oxidation sites excluding steroid dienone is 8. The minimum atomic E-state index is -0.781. The lowest BCUT2D eigenvalue weighted by atomic mass is 10.1. The summed E-state index contributed by atoms with van der Waals surface area (Å²) in [6, 6.07) is 0. The SMILES string of the molecule is CCCCC/C=C\C/C=C\CCCCCCCCCC(=O)OC(COC(=O)CCCCCCC/C=C\CCCCCCC)COC(=O)CCCCCCCCCCC/C=C\CCCCCCCCCC. The molecule has 408 valence electrons. The van der Waals surface area contributed by atoms with Gasteiger partial charge in [-0.25, -0.2) is 0 Å². The molecule has 0 radical (unpaired) electrons. The van der Waals surface area contributed by atoms with Crippen LogP contribution in [0.2, 0.25) is 0 Å². The van der Waals surface area contributed by atoms with Crippen LogP contribution in [0.5, 0.6) is 0 Å². The summed E-state index contributed by atoms with van der Waals surface area (Å²) in [7, 11) is 0. The van der Waals surface area contributed by atoms with E-state index in [-0.39, 0.29) is 31.1 Å². The van der Waals surface area contributed by atoms with Crippen LogP contribution in [0.25, 0.3) is 0 Å². The Labute approximate surface area is 435 Å². The smallest absolute Gasteiger partial charge is 0.306 e. The van der Waals surface area contributed by atoms with Gasteiger partial charge >= 0.3 is 17.9 Å². The first-order valence-corrected chi connectivity index (χ1v) is 30.6. The predicted molar refractivity (Wildman–Crippen MR) is 302 cm³/mol. The van der Waals surface area contributed by atoms with Crippen molar-refractivity contribution in [3.05, 3.63) is 48.6 Å². The Morgan fingerprint density at radius 3 is 0.829 bits per heavy atom. The molecule has 0 aromatic heterocycles. The van der Waals surface area contributed by atoms with Gasteiger partial charge in [0.15, 0.2) is 6.10 Å². The van der Waals surface area contributed by atoms with Gasteiger partial charge in [-0.1, -0.05) is 249 Å². The number of carbonyl (C=O) groups is 3. The van der Waals surface area contributed by atoms with Crippen LogP contribution in [-0.2, 0) is 28.6 Å². The summed E-state index contributed by atoms with van der Waals surface area (Å²) < 4.78 is 16.9. The molecule has 0 aromatic rings. The number of hydrogen-bond acceptors (Lipinski definition) is 6. The molecule has 0 aromatic carbocycles. The average Bonchev–Trinajstić information content (AvgIpc) is 3.36. The lowest BCUT2D eigenvalue weighted by molar-refractivity contribution is -0.167. The predicted octanol–water partition coefficient (Wildman–Crippen LogP) is 20.6. The highest BCUT2D eigenvalue weighted by molar-refractivity contribution is 5.71. The molecule has 0 rings (SSSR count). The van der Waals surface area contributed by atoms with Gasteiger partial charge in [-0.2, -0.15) is 0 Å². The van der Waals surface area contributed by atoms with E-state index in [1.807, 2.05) is 0 Å². The van der Waals surface area contributed by atoms with Crippen molar-refractivity contribution in [1.29, 1.82) is 0 Å². The Kier molecular flexibility index (Phi) is 56.7. The Morgan fingerprint density at radius 1 is 0.286 bits per heavy atom. The third kappa shape index (κ3) is 56.3. The number of ether oxygens (including phenoxy) is 3. The first-order valence-electron chi connectivity index (χ1n) is 30.6. The topological polar surface area (TPSA) is 78.9 Å². The summed E-state index contributed by atoms with van der Waals surface area (Å²) in [4.78, 5) is 38.2. The molecule has 0 amide bonds. The van der Waals surface area contributed by atoms with Gasteiger partial charge < -0.3 is 14.2 Å². The normalized spacial score (nSPS) is 12.3. The first-order chi connectivity index (χ1) is 34.5. The van der Waals surface area contributed by atoms with Gasteiger partial charge in [-0.05, 0) is 103 Å². The van der Waals surface area contributed by atoms with E-state index in [4.69, 9.17) is 14.2 Å². The van der Waals surface area contributed by atoms with Crippen molar-refractivity contribution in [2.24, 2.45) is 0 Å². The maximum Gasteiger partial charge on any atom is 0.306 e. The molecule has 0 spiro atoms. The van der Waals surface area contributed by atoms with E-state index in [1.165, 1.54) is 205 Å². The van der Waals surface area contributed by atoms with Gasteiger partial charge in [0.1, 0.15) is 13.2 Å².